The smallest absolute Gasteiger partial charge is 0.860 e. The van der Waals surface area contributed by atoms with Crippen molar-refractivity contribution >= 4 is 73.3 Å². The molecule has 6 heterocycles. The van der Waals surface area contributed by atoms with E-state index in [-0.39, 0.29) is 175 Å². The number of rotatable bonds is 12. The Morgan fingerprint density at radius 1 is 0.220 bits per heavy atom. The van der Waals surface area contributed by atoms with Crippen LogP contribution < -0.4 is 64.0 Å². The van der Waals surface area contributed by atoms with E-state index in [4.69, 9.17) is 73.3 Å². The van der Waals surface area contributed by atoms with E-state index in [1.54, 1.807) is 0 Å². The van der Waals surface area contributed by atoms with Crippen molar-refractivity contribution in [3.05, 3.63) is 127 Å². The van der Waals surface area contributed by atoms with Crippen LogP contribution >= 0.6 is 73.3 Å². The summed E-state index contributed by atoms with van der Waals surface area (Å²) in [5, 5.41) is 67.5. The topological polar surface area (TPSA) is 630 Å². The fourth-order valence-corrected chi connectivity index (χ4v) is 9.70. The Morgan fingerprint density at radius 3 is 0.363 bits per heavy atom. The second kappa shape index (κ2) is 56.1. The molecule has 0 amide bonds. The van der Waals surface area contributed by atoms with Crippen LogP contribution in [0.2, 0.25) is 0 Å². The molecule has 6 aromatic rings. The zero-order valence-electron chi connectivity index (χ0n) is 52.6. The standard InChI is InChI=1S/6C8H12N2O2S.3Mn.10H2O/c6*1-3-9-6(11)5-7(12)10(4-2)8(9)13;;;;;;;;;;;;;/h6*5,11H,3-4H2,1-2H3;;;;10*1H2/q;;;;;;3*+2;;;;;;;;;;/p+4. The van der Waals surface area contributed by atoms with Crippen molar-refractivity contribution in [3.63, 3.8) is 0 Å². The molecule has 0 bridgehead atoms. The van der Waals surface area contributed by atoms with Gasteiger partial charge in [0.1, 0.15) is 0 Å². The zero-order chi connectivity index (χ0) is 60.0. The Labute approximate surface area is 584 Å². The fourth-order valence-electron chi connectivity index (χ4n) is 7.07. The molecule has 0 spiro atoms. The number of hydrogen-bond donors (Lipinski definition) is 0. The maximum atomic E-state index is 11.2. The predicted octanol–water partition coefficient (Wildman–Crippen LogP) is -6.27. The molecule has 527 valence electrons. The summed E-state index contributed by atoms with van der Waals surface area (Å²) in [5.41, 5.74) is -1.90. The maximum Gasteiger partial charge on any atom is 2.00 e. The van der Waals surface area contributed by atoms with Gasteiger partial charge in [-0.3, -0.25) is 56.2 Å². The van der Waals surface area contributed by atoms with E-state index in [2.05, 4.69) is 0 Å². The van der Waals surface area contributed by atoms with Crippen LogP contribution in [0.3, 0.4) is 0 Å². The molecule has 0 fully saturated rings. The molecule has 30 N–H and O–H groups in total. The molecule has 0 aliphatic heterocycles. The monoisotopic (exact) mass is 1550 g/mol. The summed E-state index contributed by atoms with van der Waals surface area (Å²) in [7, 11) is 0. The van der Waals surface area contributed by atoms with Crippen LogP contribution in [0.25, 0.3) is 0 Å². The average molecular weight is 1550 g/mol. The van der Waals surface area contributed by atoms with Crippen LogP contribution in [0.4, 0.5) is 0 Å². The molecular formula is C48H96Mn3N12O22S6+10. The van der Waals surface area contributed by atoms with E-state index in [9.17, 15) is 59.4 Å². The van der Waals surface area contributed by atoms with Crippen molar-refractivity contribution < 1.29 is 137 Å². The van der Waals surface area contributed by atoms with Crippen LogP contribution in [0.15, 0.2) is 65.2 Å². The summed E-state index contributed by atoms with van der Waals surface area (Å²) in [4.78, 5) is 67.5. The summed E-state index contributed by atoms with van der Waals surface area (Å²) >= 11 is 29.9. The molecular weight excluding hydrogens is 1450 g/mol. The van der Waals surface area contributed by atoms with Crippen LogP contribution in [0.1, 0.15) is 83.1 Å². The first kappa shape index (κ1) is 116. The van der Waals surface area contributed by atoms with Crippen LogP contribution in [-0.4, -0.2) is 54.8 Å². The first-order valence-electron chi connectivity index (χ1n) is 24.8. The van der Waals surface area contributed by atoms with Crippen LogP contribution in [0, 0.1) is 28.6 Å². The van der Waals surface area contributed by atoms with E-state index in [1.807, 2.05) is 83.1 Å². The summed E-state index contributed by atoms with van der Waals surface area (Å²) in [6, 6.07) is 6.43. The molecule has 3 radical (unpaired) electrons. The molecule has 6 aromatic heterocycles. The molecule has 0 aromatic carbocycles. The minimum Gasteiger partial charge on any atom is -0.860 e. The van der Waals surface area contributed by atoms with Gasteiger partial charge in [0.2, 0.25) is 0 Å². The molecule has 0 aliphatic rings. The van der Waals surface area contributed by atoms with E-state index in [1.165, 1.54) is 54.8 Å². The third-order valence-electron chi connectivity index (χ3n) is 11.2. The zero-order valence-corrected chi connectivity index (χ0v) is 61.0. The second-order valence-electron chi connectivity index (χ2n) is 15.6. The second-order valence-corrected chi connectivity index (χ2v) is 17.7. The van der Waals surface area contributed by atoms with Gasteiger partial charge >= 0.3 is 51.2 Å². The van der Waals surface area contributed by atoms with E-state index >= 15 is 0 Å². The summed E-state index contributed by atoms with van der Waals surface area (Å²) in [6.45, 7) is 27.8. The van der Waals surface area contributed by atoms with Gasteiger partial charge < -0.3 is 113 Å². The molecule has 0 unspecified atom stereocenters. The van der Waals surface area contributed by atoms with Gasteiger partial charge in [-0.1, -0.05) is 0 Å². The van der Waals surface area contributed by atoms with Crippen molar-refractivity contribution in [2.24, 2.45) is 0 Å². The number of nitrogens with zero attached hydrogens (tertiary/aromatic N) is 12. The van der Waals surface area contributed by atoms with Crippen molar-refractivity contribution in [2.45, 2.75) is 162 Å². The maximum absolute atomic E-state index is 11.2. The van der Waals surface area contributed by atoms with E-state index < -0.39 is 0 Å². The minimum absolute atomic E-state index is 0. The molecule has 0 aliphatic carbocycles. The summed E-state index contributed by atoms with van der Waals surface area (Å²) < 4.78 is 18.7. The average Bonchev–Trinajstić information content (AvgIpc) is 3.36. The Morgan fingerprint density at radius 2 is 0.297 bits per heavy atom. The van der Waals surface area contributed by atoms with Crippen LogP contribution in [-0.2, 0) is 185 Å². The summed E-state index contributed by atoms with van der Waals surface area (Å²) in [6.07, 6.45) is 0. The molecule has 0 saturated carbocycles. The van der Waals surface area contributed by atoms with Gasteiger partial charge in [0, 0.05) is 115 Å². The number of hydrogen-bond acceptors (Lipinski definition) is 18. The molecule has 43 heteroatoms. The first-order valence-corrected chi connectivity index (χ1v) is 27.2. The fraction of sp³-hybridized carbons (Fsp3) is 0.500. The third-order valence-corrected chi connectivity index (χ3v) is 13.9. The van der Waals surface area contributed by atoms with Gasteiger partial charge in [-0.05, 0) is 192 Å². The number of aromatic nitrogens is 12. The Bertz CT molecular complexity index is 3190. The molecule has 0 saturated heterocycles. The van der Waals surface area contributed by atoms with Crippen molar-refractivity contribution in [3.8, 4) is 35.3 Å². The Hall–Kier alpha value is -5.44. The molecule has 34 nitrogen and oxygen atoms in total. The van der Waals surface area contributed by atoms with E-state index in [0.717, 1.165) is 36.4 Å². The first-order chi connectivity index (χ1) is 36.7. The minimum atomic E-state index is -0.317. The Kier molecular flexibility index (Phi) is 71.7. The van der Waals surface area contributed by atoms with Gasteiger partial charge in [-0.15, -0.1) is 0 Å². The Balaban J connectivity index is -0.0000000709. The van der Waals surface area contributed by atoms with Crippen molar-refractivity contribution in [2.75, 3.05) is 0 Å². The predicted molar refractivity (Wildman–Crippen MR) is 351 cm³/mol. The molecule has 91 heavy (non-hydrogen) atoms. The quantitative estimate of drug-likeness (QED) is 0.0625. The summed E-state index contributed by atoms with van der Waals surface area (Å²) in [5.74, 6) is -1.90. The van der Waals surface area contributed by atoms with Gasteiger partial charge in [0.05, 0.1) is 0 Å². The van der Waals surface area contributed by atoms with Gasteiger partial charge in [-0.2, -0.15) is 0 Å². The SMILES string of the molecule is CCn1c([O-])cc(=O)n(CC)c1=S.CCn1c([O-])cc(=O)n(CC)c1=S.CCn1c([O-])cc(=O)n(CC)c1=S.CCn1c([O-])cc(=O)n(CC)c1=S.CCn1c([O-])cc(=O)n(CC)c1=S.CCn1c([O-])cc(=O)n(CC)c1=S.[Mn+2].[Mn+2].[Mn+2].[OH3+].[OH3+].[OH3+].[OH3+].[OH3+].[OH3+].[OH3+].[OH3+].[OH3+].[OH3+]. The van der Waals surface area contributed by atoms with Crippen LogP contribution in [0.5, 0.6) is 35.3 Å². The van der Waals surface area contributed by atoms with Crippen molar-refractivity contribution in [1.82, 2.24) is 54.8 Å². The molecule has 6 rings (SSSR count). The van der Waals surface area contributed by atoms with E-state index in [0.29, 0.717) is 107 Å². The van der Waals surface area contributed by atoms with Gasteiger partial charge in [0.25, 0.3) is 33.4 Å². The van der Waals surface area contributed by atoms with Crippen molar-refractivity contribution in [1.29, 1.82) is 0 Å². The third kappa shape index (κ3) is 30.0. The van der Waals surface area contributed by atoms with Gasteiger partial charge in [0.15, 0.2) is 28.6 Å². The molecule has 0 atom stereocenters. The normalized spacial score (nSPS) is 8.84. The van der Waals surface area contributed by atoms with Gasteiger partial charge in [-0.25, -0.2) is 0 Å². The largest absolute Gasteiger partial charge is 2.00 e.